The van der Waals surface area contributed by atoms with Crippen LogP contribution in [0, 0.1) is 0 Å². The van der Waals surface area contributed by atoms with Crippen LogP contribution in [0.5, 0.6) is 0 Å². The van der Waals surface area contributed by atoms with Crippen molar-refractivity contribution in [3.8, 4) is 0 Å². The highest BCUT2D eigenvalue weighted by Crippen LogP contribution is 2.15. The molecule has 0 radical (unpaired) electrons. The van der Waals surface area contributed by atoms with Crippen LogP contribution in [0.1, 0.15) is 226 Å². The van der Waals surface area contributed by atoms with Crippen molar-refractivity contribution in [1.82, 2.24) is 0 Å². The van der Waals surface area contributed by atoms with Gasteiger partial charge in [0.15, 0.2) is 6.10 Å². The second-order valence-electron chi connectivity index (χ2n) is 17.7. The van der Waals surface area contributed by atoms with Crippen LogP contribution >= 0.6 is 0 Å². The van der Waals surface area contributed by atoms with Gasteiger partial charge in [-0.05, 0) is 64.2 Å². The van der Waals surface area contributed by atoms with Gasteiger partial charge in [0.1, 0.15) is 12.6 Å². The quantitative estimate of drug-likeness (QED) is 0.0261. The van der Waals surface area contributed by atoms with Crippen molar-refractivity contribution in [2.45, 2.75) is 238 Å². The average Bonchev–Trinajstić information content (AvgIpc) is 3.18. The molecule has 0 fully saturated rings. The fraction of sp³-hybridized carbons (Fsp3) is 0.860. The zero-order chi connectivity index (χ0) is 42.8. The molecule has 0 amide bonds. The lowest BCUT2D eigenvalue weighted by Crippen LogP contribution is -2.55. The van der Waals surface area contributed by atoms with E-state index >= 15 is 0 Å². The summed E-state index contributed by atoms with van der Waals surface area (Å²) in [5, 5.41) is 11.6. The summed E-state index contributed by atoms with van der Waals surface area (Å²) in [6.45, 7) is 4.67. The number of quaternary nitrogens is 1. The summed E-state index contributed by atoms with van der Waals surface area (Å²) in [7, 11) is 5.41. The topological polar surface area (TPSA) is 102 Å². The van der Waals surface area contributed by atoms with Gasteiger partial charge in [-0.1, -0.05) is 167 Å². The second kappa shape index (κ2) is 41.5. The molecular formula is C50H93NO7. The maximum Gasteiger partial charge on any atom is 0.306 e. The predicted octanol–water partition coefficient (Wildman–Crippen LogP) is 12.3. The Morgan fingerprint density at radius 1 is 0.500 bits per heavy atom. The number of hydrogen-bond donors (Lipinski definition) is 0. The largest absolute Gasteiger partial charge is 0.544 e. The third-order valence-electron chi connectivity index (χ3n) is 11.1. The Labute approximate surface area is 358 Å². The zero-order valence-corrected chi connectivity index (χ0v) is 38.7. The van der Waals surface area contributed by atoms with Gasteiger partial charge in [-0.2, -0.15) is 0 Å². The van der Waals surface area contributed by atoms with E-state index in [1.165, 1.54) is 128 Å². The van der Waals surface area contributed by atoms with Crippen molar-refractivity contribution in [2.75, 3.05) is 41.0 Å². The van der Waals surface area contributed by atoms with Crippen LogP contribution in [0.25, 0.3) is 0 Å². The van der Waals surface area contributed by atoms with Gasteiger partial charge in [-0.3, -0.25) is 9.59 Å². The molecule has 8 heteroatoms. The fourth-order valence-electron chi connectivity index (χ4n) is 7.24. The summed E-state index contributed by atoms with van der Waals surface area (Å²) in [4.78, 5) is 36.9. The number of carbonyl (C=O) groups excluding carboxylic acids is 3. The van der Waals surface area contributed by atoms with E-state index in [1.54, 1.807) is 21.1 Å². The Hall–Kier alpha value is -2.19. The number of carboxylic acids is 1. The molecule has 0 aliphatic carbocycles. The maximum absolute atomic E-state index is 12.7. The maximum atomic E-state index is 12.7. The fourth-order valence-corrected chi connectivity index (χ4v) is 7.24. The number of aliphatic carboxylic acids is 1. The molecule has 0 aliphatic heterocycles. The lowest BCUT2D eigenvalue weighted by Gasteiger charge is -2.34. The Morgan fingerprint density at radius 3 is 1.24 bits per heavy atom. The van der Waals surface area contributed by atoms with Gasteiger partial charge in [0.2, 0.25) is 0 Å². The summed E-state index contributed by atoms with van der Waals surface area (Å²) in [6, 6.07) is -0.726. The molecule has 340 valence electrons. The van der Waals surface area contributed by atoms with Crippen molar-refractivity contribution in [3.63, 3.8) is 0 Å². The monoisotopic (exact) mass is 820 g/mol. The van der Waals surface area contributed by atoms with E-state index in [-0.39, 0.29) is 42.7 Å². The van der Waals surface area contributed by atoms with Crippen LogP contribution in [-0.4, -0.2) is 75.5 Å². The Bertz CT molecular complexity index is 1000. The molecule has 0 saturated carbocycles. The molecule has 2 unspecified atom stereocenters. The Kier molecular flexibility index (Phi) is 40.0. The van der Waals surface area contributed by atoms with Crippen molar-refractivity contribution in [2.24, 2.45) is 0 Å². The molecule has 0 rings (SSSR count). The second-order valence-corrected chi connectivity index (χ2v) is 17.7. The van der Waals surface area contributed by atoms with Crippen LogP contribution in [0.15, 0.2) is 24.3 Å². The summed E-state index contributed by atoms with van der Waals surface area (Å²) < 4.78 is 17.2. The number of likely N-dealkylation sites (N-methyl/N-ethyl adjacent to an activating group) is 1. The van der Waals surface area contributed by atoms with Gasteiger partial charge in [0, 0.05) is 19.3 Å². The van der Waals surface area contributed by atoms with Crippen molar-refractivity contribution in [3.05, 3.63) is 24.3 Å². The standard InChI is InChI=1S/C50H93NO7/c1-6-8-10-12-14-16-18-20-22-24-25-27-29-31-33-35-37-39-41-49(53)58-46(44-56-43-42-47(50(54)55)51(3,4)5)45-57-48(52)40-38-36-34-32-30-28-26-23-21-19-17-15-13-11-9-7-2/h23,25-27,46-47H,6-22,24,28-45H2,1-5H3/b26-23+,27-25+. The van der Waals surface area contributed by atoms with Crippen molar-refractivity contribution < 1.29 is 38.2 Å². The van der Waals surface area contributed by atoms with Crippen LogP contribution in [0.3, 0.4) is 0 Å². The lowest BCUT2D eigenvalue weighted by atomic mass is 10.1. The molecular weight excluding hydrogens is 727 g/mol. The van der Waals surface area contributed by atoms with Gasteiger partial charge in [-0.15, -0.1) is 0 Å². The minimum atomic E-state index is -1.13. The third-order valence-corrected chi connectivity index (χ3v) is 11.1. The predicted molar refractivity (Wildman–Crippen MR) is 240 cm³/mol. The number of carboxylic acid groups (broad SMARTS) is 1. The number of allylic oxidation sites excluding steroid dienone is 4. The van der Waals surface area contributed by atoms with Crippen LogP contribution in [0.2, 0.25) is 0 Å². The van der Waals surface area contributed by atoms with Gasteiger partial charge >= 0.3 is 11.9 Å². The molecule has 2 atom stereocenters. The number of esters is 2. The van der Waals surface area contributed by atoms with E-state index in [9.17, 15) is 19.5 Å². The van der Waals surface area contributed by atoms with E-state index in [1.807, 2.05) is 0 Å². The minimum Gasteiger partial charge on any atom is -0.544 e. The molecule has 8 nitrogen and oxygen atoms in total. The Morgan fingerprint density at radius 2 is 0.862 bits per heavy atom. The number of ether oxygens (including phenoxy) is 3. The smallest absolute Gasteiger partial charge is 0.306 e. The summed E-state index contributed by atoms with van der Waals surface area (Å²) in [6.07, 6.45) is 46.3. The van der Waals surface area contributed by atoms with E-state index in [2.05, 4.69) is 38.2 Å². The molecule has 0 aromatic heterocycles. The first kappa shape index (κ1) is 55.8. The SMILES string of the molecule is CCCCCCCCC/C=C/CCCCCCCC(=O)OCC(COCCC(C(=O)[O-])[N+](C)(C)C)OC(=O)CCCCCCC/C=C/CCCCCCCCCCC. The highest BCUT2D eigenvalue weighted by molar-refractivity contribution is 5.70. The number of carbonyl (C=O) groups is 3. The van der Waals surface area contributed by atoms with E-state index < -0.39 is 18.1 Å². The van der Waals surface area contributed by atoms with Gasteiger partial charge in [0.05, 0.1) is 40.3 Å². The number of rotatable bonds is 44. The molecule has 0 spiro atoms. The molecule has 0 bridgehead atoms. The lowest BCUT2D eigenvalue weighted by molar-refractivity contribution is -0.889. The van der Waals surface area contributed by atoms with Crippen LogP contribution in [0.4, 0.5) is 0 Å². The summed E-state index contributed by atoms with van der Waals surface area (Å²) in [5.41, 5.74) is 0. The summed E-state index contributed by atoms with van der Waals surface area (Å²) >= 11 is 0. The first-order valence-electron chi connectivity index (χ1n) is 24.4. The Balaban J connectivity index is 4.30. The molecule has 0 N–H and O–H groups in total. The van der Waals surface area contributed by atoms with E-state index in [0.717, 1.165) is 64.2 Å². The molecule has 0 heterocycles. The molecule has 0 aromatic carbocycles. The van der Waals surface area contributed by atoms with Gasteiger partial charge in [0.25, 0.3) is 0 Å². The molecule has 0 saturated heterocycles. The zero-order valence-electron chi connectivity index (χ0n) is 38.7. The van der Waals surface area contributed by atoms with Crippen molar-refractivity contribution in [1.29, 1.82) is 0 Å². The van der Waals surface area contributed by atoms with Crippen LogP contribution < -0.4 is 5.11 Å². The summed E-state index contributed by atoms with van der Waals surface area (Å²) in [5.74, 6) is -1.75. The number of hydrogen-bond acceptors (Lipinski definition) is 7. The normalized spacial score (nSPS) is 13.1. The van der Waals surface area contributed by atoms with Crippen LogP contribution in [-0.2, 0) is 28.6 Å². The van der Waals surface area contributed by atoms with Gasteiger partial charge in [-0.25, -0.2) is 0 Å². The van der Waals surface area contributed by atoms with Gasteiger partial charge < -0.3 is 28.6 Å². The molecule has 0 aliphatic rings. The minimum absolute atomic E-state index is 0.0378. The first-order chi connectivity index (χ1) is 28.1. The third kappa shape index (κ3) is 39.3. The first-order valence-corrected chi connectivity index (χ1v) is 24.4. The van der Waals surface area contributed by atoms with E-state index in [4.69, 9.17) is 14.2 Å². The molecule has 58 heavy (non-hydrogen) atoms. The average molecular weight is 820 g/mol. The van der Waals surface area contributed by atoms with Crippen molar-refractivity contribution >= 4 is 17.9 Å². The highest BCUT2D eigenvalue weighted by atomic mass is 16.6. The number of nitrogens with zero attached hydrogens (tertiary/aromatic N) is 1. The molecule has 0 aromatic rings. The number of unbranched alkanes of at least 4 members (excludes halogenated alkanes) is 26. The van der Waals surface area contributed by atoms with E-state index in [0.29, 0.717) is 12.8 Å². The highest BCUT2D eigenvalue weighted by Gasteiger charge is 2.25.